The number of nitrogens with one attached hydrogen (secondary N) is 1. The van der Waals surface area contributed by atoms with Crippen LogP contribution in [0.4, 0.5) is 0 Å². The summed E-state index contributed by atoms with van der Waals surface area (Å²) in [7, 11) is 1.70. The maximum Gasteiger partial charge on any atom is 0.118 e. The van der Waals surface area contributed by atoms with Gasteiger partial charge in [0.25, 0.3) is 0 Å². The number of rotatable bonds is 7. The molecule has 0 saturated heterocycles. The van der Waals surface area contributed by atoms with E-state index in [1.165, 1.54) is 16.7 Å². The van der Waals surface area contributed by atoms with Crippen molar-refractivity contribution in [2.45, 2.75) is 32.7 Å². The van der Waals surface area contributed by atoms with Crippen molar-refractivity contribution in [2.75, 3.05) is 13.7 Å². The lowest BCUT2D eigenvalue weighted by Gasteiger charge is -2.21. The molecule has 0 aromatic heterocycles. The Kier molecular flexibility index (Phi) is 5.82. The minimum absolute atomic E-state index is 0.361. The molecule has 0 bridgehead atoms. The van der Waals surface area contributed by atoms with Gasteiger partial charge in [-0.1, -0.05) is 50.2 Å². The Balaban J connectivity index is 2.21. The van der Waals surface area contributed by atoms with E-state index in [0.29, 0.717) is 6.04 Å². The van der Waals surface area contributed by atoms with Crippen LogP contribution >= 0.6 is 0 Å². The van der Waals surface area contributed by atoms with Gasteiger partial charge in [-0.15, -0.1) is 0 Å². The molecule has 1 N–H and O–H groups in total. The summed E-state index contributed by atoms with van der Waals surface area (Å²) in [4.78, 5) is 0. The van der Waals surface area contributed by atoms with Crippen LogP contribution in [0.25, 0.3) is 0 Å². The molecule has 0 saturated carbocycles. The summed E-state index contributed by atoms with van der Waals surface area (Å²) in [6.45, 7) is 5.35. The molecule has 1 unspecified atom stereocenters. The molecule has 0 amide bonds. The fourth-order valence-corrected chi connectivity index (χ4v) is 2.73. The van der Waals surface area contributed by atoms with E-state index in [1.807, 2.05) is 12.1 Å². The minimum Gasteiger partial charge on any atom is -0.497 e. The summed E-state index contributed by atoms with van der Waals surface area (Å²) in [5.74, 6) is 0.910. The first-order valence-corrected chi connectivity index (χ1v) is 7.72. The van der Waals surface area contributed by atoms with E-state index in [4.69, 9.17) is 4.74 Å². The SMILES string of the molecule is CCNC(Cc1ccc(OC)cc1)c1ccccc1CC. The normalized spacial score (nSPS) is 12.1. The highest BCUT2D eigenvalue weighted by Gasteiger charge is 2.14. The third kappa shape index (κ3) is 4.08. The highest BCUT2D eigenvalue weighted by atomic mass is 16.5. The van der Waals surface area contributed by atoms with Crippen molar-refractivity contribution in [3.05, 3.63) is 65.2 Å². The van der Waals surface area contributed by atoms with Crippen LogP contribution in [0, 0.1) is 0 Å². The molecule has 0 spiro atoms. The average molecular weight is 283 g/mol. The molecule has 1 atom stereocenters. The van der Waals surface area contributed by atoms with Crippen molar-refractivity contribution < 1.29 is 4.74 Å². The lowest BCUT2D eigenvalue weighted by atomic mass is 9.93. The zero-order valence-corrected chi connectivity index (χ0v) is 13.2. The topological polar surface area (TPSA) is 21.3 Å². The highest BCUT2D eigenvalue weighted by molar-refractivity contribution is 5.33. The molecule has 2 aromatic carbocycles. The number of hydrogen-bond acceptors (Lipinski definition) is 2. The second-order valence-electron chi connectivity index (χ2n) is 5.21. The van der Waals surface area contributed by atoms with E-state index in [-0.39, 0.29) is 0 Å². The van der Waals surface area contributed by atoms with Gasteiger partial charge in [0.2, 0.25) is 0 Å². The van der Waals surface area contributed by atoms with Gasteiger partial charge in [0.15, 0.2) is 0 Å². The number of likely N-dealkylation sites (N-methyl/N-ethyl adjacent to an activating group) is 1. The van der Waals surface area contributed by atoms with Crippen LogP contribution in [0.3, 0.4) is 0 Å². The first kappa shape index (κ1) is 15.6. The fourth-order valence-electron chi connectivity index (χ4n) is 2.73. The van der Waals surface area contributed by atoms with Crippen LogP contribution in [0.15, 0.2) is 48.5 Å². The van der Waals surface area contributed by atoms with Crippen molar-refractivity contribution in [2.24, 2.45) is 0 Å². The van der Waals surface area contributed by atoms with Crippen LogP contribution in [-0.4, -0.2) is 13.7 Å². The van der Waals surface area contributed by atoms with Gasteiger partial charge in [-0.3, -0.25) is 0 Å². The van der Waals surface area contributed by atoms with Gasteiger partial charge in [0, 0.05) is 6.04 Å². The minimum atomic E-state index is 0.361. The molecule has 112 valence electrons. The Bertz CT molecular complexity index is 548. The van der Waals surface area contributed by atoms with Crippen molar-refractivity contribution >= 4 is 0 Å². The van der Waals surface area contributed by atoms with Gasteiger partial charge in [0.05, 0.1) is 7.11 Å². The van der Waals surface area contributed by atoms with Crippen LogP contribution in [-0.2, 0) is 12.8 Å². The number of hydrogen-bond donors (Lipinski definition) is 1. The van der Waals surface area contributed by atoms with Gasteiger partial charge in [0.1, 0.15) is 5.75 Å². The van der Waals surface area contributed by atoms with E-state index in [0.717, 1.165) is 25.1 Å². The quantitative estimate of drug-likeness (QED) is 0.824. The van der Waals surface area contributed by atoms with E-state index in [1.54, 1.807) is 7.11 Å². The van der Waals surface area contributed by atoms with Gasteiger partial charge in [-0.05, 0) is 48.2 Å². The average Bonchev–Trinajstić information content (AvgIpc) is 2.55. The molecular formula is C19H25NO. The number of benzene rings is 2. The fraction of sp³-hybridized carbons (Fsp3) is 0.368. The lowest BCUT2D eigenvalue weighted by molar-refractivity contribution is 0.414. The molecule has 0 aliphatic carbocycles. The maximum absolute atomic E-state index is 5.23. The van der Waals surface area contributed by atoms with Crippen LogP contribution < -0.4 is 10.1 Å². The predicted octanol–water partition coefficient (Wildman–Crippen LogP) is 4.15. The summed E-state index contributed by atoms with van der Waals surface area (Å²) in [5.41, 5.74) is 4.17. The van der Waals surface area contributed by atoms with E-state index < -0.39 is 0 Å². The van der Waals surface area contributed by atoms with E-state index in [2.05, 4.69) is 55.6 Å². The molecule has 2 nitrogen and oxygen atoms in total. The Morgan fingerprint density at radius 3 is 2.33 bits per heavy atom. The monoisotopic (exact) mass is 283 g/mol. The highest BCUT2D eigenvalue weighted by Crippen LogP contribution is 2.23. The number of methoxy groups -OCH3 is 1. The Hall–Kier alpha value is -1.80. The Morgan fingerprint density at radius 1 is 1.00 bits per heavy atom. The molecule has 0 radical (unpaired) electrons. The molecule has 2 aromatic rings. The smallest absolute Gasteiger partial charge is 0.118 e. The summed E-state index contributed by atoms with van der Waals surface area (Å²) in [5, 5.41) is 3.62. The first-order valence-electron chi connectivity index (χ1n) is 7.72. The summed E-state index contributed by atoms with van der Waals surface area (Å²) >= 11 is 0. The van der Waals surface area contributed by atoms with Gasteiger partial charge >= 0.3 is 0 Å². The van der Waals surface area contributed by atoms with Crippen molar-refractivity contribution in [1.82, 2.24) is 5.32 Å². The molecule has 2 heteroatoms. The van der Waals surface area contributed by atoms with E-state index >= 15 is 0 Å². The van der Waals surface area contributed by atoms with Gasteiger partial charge in [-0.2, -0.15) is 0 Å². The predicted molar refractivity (Wildman–Crippen MR) is 88.9 cm³/mol. The Labute approximate surface area is 128 Å². The maximum atomic E-state index is 5.23. The summed E-state index contributed by atoms with van der Waals surface area (Å²) in [6, 6.07) is 17.5. The molecule has 0 aliphatic rings. The van der Waals surface area contributed by atoms with Crippen molar-refractivity contribution in [1.29, 1.82) is 0 Å². The second kappa shape index (κ2) is 7.84. The molecule has 0 fully saturated rings. The van der Waals surface area contributed by atoms with Crippen molar-refractivity contribution in [3.8, 4) is 5.75 Å². The Morgan fingerprint density at radius 2 is 1.71 bits per heavy atom. The standard InChI is InChI=1S/C19H25NO/c1-4-16-8-6-7-9-18(16)19(20-5-2)14-15-10-12-17(21-3)13-11-15/h6-13,19-20H,4-5,14H2,1-3H3. The summed E-state index contributed by atoms with van der Waals surface area (Å²) < 4.78 is 5.23. The van der Waals surface area contributed by atoms with Gasteiger partial charge < -0.3 is 10.1 Å². The van der Waals surface area contributed by atoms with Crippen molar-refractivity contribution in [3.63, 3.8) is 0 Å². The first-order chi connectivity index (χ1) is 10.3. The zero-order valence-electron chi connectivity index (χ0n) is 13.2. The molecule has 2 rings (SSSR count). The number of aryl methyl sites for hydroxylation is 1. The van der Waals surface area contributed by atoms with E-state index in [9.17, 15) is 0 Å². The number of ether oxygens (including phenoxy) is 1. The van der Waals surface area contributed by atoms with Crippen LogP contribution in [0.2, 0.25) is 0 Å². The second-order valence-corrected chi connectivity index (χ2v) is 5.21. The molecule has 0 aliphatic heterocycles. The third-order valence-corrected chi connectivity index (χ3v) is 3.86. The largest absolute Gasteiger partial charge is 0.497 e. The van der Waals surface area contributed by atoms with Crippen LogP contribution in [0.5, 0.6) is 5.75 Å². The molecular weight excluding hydrogens is 258 g/mol. The van der Waals surface area contributed by atoms with Crippen LogP contribution in [0.1, 0.15) is 36.6 Å². The zero-order chi connectivity index (χ0) is 15.1. The molecule has 21 heavy (non-hydrogen) atoms. The molecule has 0 heterocycles. The van der Waals surface area contributed by atoms with Gasteiger partial charge in [-0.25, -0.2) is 0 Å². The third-order valence-electron chi connectivity index (χ3n) is 3.86. The summed E-state index contributed by atoms with van der Waals surface area (Å²) in [6.07, 6.45) is 2.07. The lowest BCUT2D eigenvalue weighted by Crippen LogP contribution is -2.24.